The molecular weight excluding hydrogens is 336 g/mol. The number of amides is 1. The number of alkyl halides is 1. The van der Waals surface area contributed by atoms with Gasteiger partial charge in [-0.15, -0.1) is 0 Å². The average molecular weight is 357 g/mol. The van der Waals surface area contributed by atoms with Crippen LogP contribution in [0.2, 0.25) is 0 Å². The van der Waals surface area contributed by atoms with E-state index in [0.29, 0.717) is 19.4 Å². The molecule has 0 N–H and O–H groups in total. The molecule has 5 heteroatoms. The lowest BCUT2D eigenvalue weighted by Crippen LogP contribution is -2.43. The number of halogens is 1. The lowest BCUT2D eigenvalue weighted by molar-refractivity contribution is -0.135. The predicted octanol–water partition coefficient (Wildman–Crippen LogP) is 4.14. The summed E-state index contributed by atoms with van der Waals surface area (Å²) in [7, 11) is 0. The average Bonchev–Trinajstić information content (AvgIpc) is 3.05. The molecule has 1 unspecified atom stereocenters. The summed E-state index contributed by atoms with van der Waals surface area (Å²) in [5.74, 6) is -0.0827. The van der Waals surface area contributed by atoms with E-state index in [0.717, 1.165) is 16.8 Å². The first kappa shape index (κ1) is 17.6. The lowest BCUT2D eigenvalue weighted by Gasteiger charge is -2.36. The number of rotatable bonds is 6. The molecule has 1 aliphatic rings. The zero-order valence-electron chi connectivity index (χ0n) is 14.2. The van der Waals surface area contributed by atoms with Crippen molar-refractivity contribution in [1.82, 2.24) is 5.01 Å². The third-order valence-corrected chi connectivity index (χ3v) is 4.69. The first-order chi connectivity index (χ1) is 12.2. The number of ether oxygens (including phenoxy) is 1. The van der Waals surface area contributed by atoms with Crippen LogP contribution in [-0.2, 0) is 15.1 Å². The van der Waals surface area contributed by atoms with Gasteiger partial charge in [-0.1, -0.05) is 72.3 Å². The van der Waals surface area contributed by atoms with Crippen molar-refractivity contribution in [2.75, 3.05) is 12.7 Å². The van der Waals surface area contributed by atoms with Gasteiger partial charge >= 0.3 is 0 Å². The van der Waals surface area contributed by atoms with E-state index in [-0.39, 0.29) is 12.0 Å². The molecule has 2 aromatic carbocycles. The Bertz CT molecular complexity index is 749. The Hall–Kier alpha value is -2.17. The molecule has 0 saturated heterocycles. The van der Waals surface area contributed by atoms with E-state index < -0.39 is 5.54 Å². The lowest BCUT2D eigenvalue weighted by atomic mass is 9.81. The van der Waals surface area contributed by atoms with Crippen LogP contribution >= 0.6 is 11.6 Å². The molecule has 0 bridgehead atoms. The van der Waals surface area contributed by atoms with Crippen molar-refractivity contribution >= 4 is 23.2 Å². The minimum atomic E-state index is -0.551. The van der Waals surface area contributed by atoms with Crippen LogP contribution in [0.3, 0.4) is 0 Å². The van der Waals surface area contributed by atoms with Gasteiger partial charge in [0.05, 0.1) is 17.9 Å². The molecule has 0 spiro atoms. The van der Waals surface area contributed by atoms with E-state index in [4.69, 9.17) is 16.3 Å². The van der Waals surface area contributed by atoms with Gasteiger partial charge in [0, 0.05) is 19.8 Å². The topological polar surface area (TPSA) is 41.9 Å². The summed E-state index contributed by atoms with van der Waals surface area (Å²) < 4.78 is 5.39. The van der Waals surface area contributed by atoms with Gasteiger partial charge in [-0.2, -0.15) is 5.10 Å². The summed E-state index contributed by atoms with van der Waals surface area (Å²) in [5.41, 5.74) is 2.44. The highest BCUT2D eigenvalue weighted by Crippen LogP contribution is 2.42. The summed E-state index contributed by atoms with van der Waals surface area (Å²) in [6, 6.07) is 20.1. The van der Waals surface area contributed by atoms with Crippen molar-refractivity contribution in [2.24, 2.45) is 5.10 Å². The number of carbonyl (C=O) groups excluding carboxylic acids is 1. The van der Waals surface area contributed by atoms with E-state index in [1.54, 1.807) is 11.9 Å². The standard InChI is InChI=1S/C20H21ClN2O2/c1-16(24)23-20(12-13-25-15-21,18-10-6-3-7-11-18)14-19(22-23)17-8-4-2-5-9-17/h2-11H,12-15H2,1H3. The molecule has 0 aliphatic carbocycles. The molecule has 1 atom stereocenters. The number of carbonyl (C=O) groups is 1. The van der Waals surface area contributed by atoms with Crippen molar-refractivity contribution in [3.8, 4) is 0 Å². The summed E-state index contributed by atoms with van der Waals surface area (Å²) >= 11 is 5.67. The van der Waals surface area contributed by atoms with Crippen LogP contribution in [0, 0.1) is 0 Å². The molecule has 130 valence electrons. The Balaban J connectivity index is 2.02. The van der Waals surface area contributed by atoms with E-state index in [1.807, 2.05) is 60.7 Å². The number of hydrogen-bond acceptors (Lipinski definition) is 3. The molecule has 25 heavy (non-hydrogen) atoms. The summed E-state index contributed by atoms with van der Waals surface area (Å²) in [6.07, 6.45) is 1.27. The molecular formula is C20H21ClN2O2. The SMILES string of the molecule is CC(=O)N1N=C(c2ccccc2)CC1(CCOCCl)c1ccccc1. The molecule has 1 aliphatic heterocycles. The number of benzene rings is 2. The van der Waals surface area contributed by atoms with Gasteiger partial charge in [0.1, 0.15) is 6.07 Å². The molecule has 1 heterocycles. The van der Waals surface area contributed by atoms with Crippen LogP contribution in [0.25, 0.3) is 0 Å². The monoisotopic (exact) mass is 356 g/mol. The number of hydrogen-bond donors (Lipinski definition) is 0. The zero-order chi connectivity index (χ0) is 17.7. The van der Waals surface area contributed by atoms with E-state index in [9.17, 15) is 4.79 Å². The van der Waals surface area contributed by atoms with Crippen molar-refractivity contribution in [3.05, 3.63) is 71.8 Å². The molecule has 0 fully saturated rings. The van der Waals surface area contributed by atoms with Crippen LogP contribution in [0.1, 0.15) is 30.9 Å². The van der Waals surface area contributed by atoms with Crippen LogP contribution < -0.4 is 0 Å². The minimum absolute atomic E-state index is 0.0827. The maximum Gasteiger partial charge on any atom is 0.240 e. The maximum absolute atomic E-state index is 12.4. The van der Waals surface area contributed by atoms with Gasteiger partial charge in [-0.05, 0) is 11.1 Å². The van der Waals surface area contributed by atoms with Gasteiger partial charge in [0.15, 0.2) is 0 Å². The maximum atomic E-state index is 12.4. The highest BCUT2D eigenvalue weighted by Gasteiger charge is 2.46. The summed E-state index contributed by atoms with van der Waals surface area (Å²) in [5, 5.41) is 6.29. The van der Waals surface area contributed by atoms with Crippen LogP contribution in [0.15, 0.2) is 65.8 Å². The number of hydrazone groups is 1. The van der Waals surface area contributed by atoms with E-state index in [1.165, 1.54) is 0 Å². The Kier molecular flexibility index (Phi) is 5.51. The second-order valence-electron chi connectivity index (χ2n) is 6.09. The number of nitrogens with zero attached hydrogens (tertiary/aromatic N) is 2. The van der Waals surface area contributed by atoms with Gasteiger partial charge in [-0.3, -0.25) is 4.79 Å². The largest absolute Gasteiger partial charge is 0.366 e. The van der Waals surface area contributed by atoms with Gasteiger partial charge in [0.25, 0.3) is 0 Å². The van der Waals surface area contributed by atoms with Crippen molar-refractivity contribution in [2.45, 2.75) is 25.3 Å². The molecule has 2 aromatic rings. The third-order valence-electron chi connectivity index (χ3n) is 4.54. The fourth-order valence-corrected chi connectivity index (χ4v) is 3.48. The summed E-state index contributed by atoms with van der Waals surface area (Å²) in [6.45, 7) is 2.01. The van der Waals surface area contributed by atoms with Crippen LogP contribution in [-0.4, -0.2) is 29.3 Å². The normalized spacial score (nSPS) is 19.8. The molecule has 3 rings (SSSR count). The fourth-order valence-electron chi connectivity index (χ4n) is 3.37. The second-order valence-corrected chi connectivity index (χ2v) is 6.30. The second kappa shape index (κ2) is 7.81. The quantitative estimate of drug-likeness (QED) is 0.576. The minimum Gasteiger partial charge on any atom is -0.366 e. The van der Waals surface area contributed by atoms with Crippen molar-refractivity contribution in [3.63, 3.8) is 0 Å². The zero-order valence-corrected chi connectivity index (χ0v) is 14.9. The molecule has 0 radical (unpaired) electrons. The van der Waals surface area contributed by atoms with E-state index in [2.05, 4.69) is 5.10 Å². The van der Waals surface area contributed by atoms with Gasteiger partial charge in [0.2, 0.25) is 5.91 Å². The van der Waals surface area contributed by atoms with Crippen LogP contribution in [0.5, 0.6) is 0 Å². The molecule has 4 nitrogen and oxygen atoms in total. The van der Waals surface area contributed by atoms with Crippen molar-refractivity contribution in [1.29, 1.82) is 0 Å². The van der Waals surface area contributed by atoms with Gasteiger partial charge in [-0.25, -0.2) is 5.01 Å². The first-order valence-corrected chi connectivity index (χ1v) is 8.84. The third kappa shape index (κ3) is 3.60. The van der Waals surface area contributed by atoms with E-state index >= 15 is 0 Å². The smallest absolute Gasteiger partial charge is 0.240 e. The first-order valence-electron chi connectivity index (χ1n) is 8.30. The Labute approximate surface area is 153 Å². The predicted molar refractivity (Wildman–Crippen MR) is 99.5 cm³/mol. The molecule has 0 saturated carbocycles. The molecule has 1 amide bonds. The molecule has 0 aromatic heterocycles. The Morgan fingerprint density at radius 1 is 1.16 bits per heavy atom. The van der Waals surface area contributed by atoms with Crippen molar-refractivity contribution < 1.29 is 9.53 Å². The Morgan fingerprint density at radius 3 is 2.40 bits per heavy atom. The Morgan fingerprint density at radius 2 is 1.80 bits per heavy atom. The fraction of sp³-hybridized carbons (Fsp3) is 0.300. The highest BCUT2D eigenvalue weighted by atomic mass is 35.5. The highest BCUT2D eigenvalue weighted by molar-refractivity contribution is 6.17. The van der Waals surface area contributed by atoms with Crippen LogP contribution in [0.4, 0.5) is 0 Å². The summed E-state index contributed by atoms with van der Waals surface area (Å²) in [4.78, 5) is 12.4. The van der Waals surface area contributed by atoms with Gasteiger partial charge < -0.3 is 4.74 Å².